The van der Waals surface area contributed by atoms with Crippen molar-refractivity contribution >= 4 is 5.91 Å². The third-order valence-electron chi connectivity index (χ3n) is 5.51. The zero-order valence-corrected chi connectivity index (χ0v) is 14.3. The van der Waals surface area contributed by atoms with Gasteiger partial charge < -0.3 is 14.2 Å². The van der Waals surface area contributed by atoms with Gasteiger partial charge in [-0.05, 0) is 19.3 Å². The summed E-state index contributed by atoms with van der Waals surface area (Å²) < 4.78 is 7.67. The summed E-state index contributed by atoms with van der Waals surface area (Å²) >= 11 is 0. The largest absolute Gasteiger partial charge is 0.381 e. The molecule has 0 spiro atoms. The summed E-state index contributed by atoms with van der Waals surface area (Å²) in [5.74, 6) is 2.61. The van der Waals surface area contributed by atoms with Crippen LogP contribution in [0.4, 0.5) is 0 Å². The van der Waals surface area contributed by atoms with Gasteiger partial charge >= 0.3 is 0 Å². The van der Waals surface area contributed by atoms with Crippen molar-refractivity contribution < 1.29 is 9.53 Å². The molecule has 24 heavy (non-hydrogen) atoms. The third-order valence-corrected chi connectivity index (χ3v) is 5.51. The number of rotatable bonds is 3. The average Bonchev–Trinajstić information content (AvgIpc) is 3.21. The van der Waals surface area contributed by atoms with Crippen LogP contribution < -0.4 is 0 Å². The van der Waals surface area contributed by atoms with Crippen molar-refractivity contribution in [2.75, 3.05) is 39.4 Å². The van der Waals surface area contributed by atoms with Gasteiger partial charge in [0.05, 0.1) is 19.1 Å². The Morgan fingerprint density at radius 2 is 1.96 bits per heavy atom. The van der Waals surface area contributed by atoms with E-state index in [0.29, 0.717) is 6.61 Å². The minimum atomic E-state index is 0.0869. The maximum atomic E-state index is 12.5. The van der Waals surface area contributed by atoms with E-state index < -0.39 is 0 Å². The molecule has 0 aromatic carbocycles. The topological polar surface area (TPSA) is 63.5 Å². The van der Waals surface area contributed by atoms with E-state index in [9.17, 15) is 4.79 Å². The number of aryl methyl sites for hydroxylation is 1. The highest BCUT2D eigenvalue weighted by molar-refractivity contribution is 5.79. The van der Waals surface area contributed by atoms with E-state index in [0.717, 1.165) is 70.4 Å². The monoisotopic (exact) mass is 333 g/mol. The third kappa shape index (κ3) is 3.32. The molecule has 132 valence electrons. The van der Waals surface area contributed by atoms with Gasteiger partial charge in [0.25, 0.3) is 0 Å². The van der Waals surface area contributed by atoms with Crippen molar-refractivity contribution in [3.05, 3.63) is 11.6 Å². The van der Waals surface area contributed by atoms with Gasteiger partial charge in [0.15, 0.2) is 0 Å². The molecule has 7 nitrogen and oxygen atoms in total. The second-order valence-corrected chi connectivity index (χ2v) is 7.16. The fourth-order valence-corrected chi connectivity index (χ4v) is 3.98. The SMILES string of the molecule is O=C(C1CCOC1)N1CCN(Cc2nnc3n2CCCCC3)CC1. The Morgan fingerprint density at radius 3 is 2.75 bits per heavy atom. The average molecular weight is 333 g/mol. The number of hydrogen-bond donors (Lipinski definition) is 0. The van der Waals surface area contributed by atoms with Crippen LogP contribution in [0, 0.1) is 5.92 Å². The number of hydrogen-bond acceptors (Lipinski definition) is 5. The van der Waals surface area contributed by atoms with Crippen LogP contribution in [0.25, 0.3) is 0 Å². The molecule has 1 amide bonds. The van der Waals surface area contributed by atoms with Crippen LogP contribution in [-0.4, -0.2) is 69.9 Å². The number of nitrogens with zero attached hydrogens (tertiary/aromatic N) is 5. The Labute approximate surface area is 143 Å². The summed E-state index contributed by atoms with van der Waals surface area (Å²) in [7, 11) is 0. The molecule has 0 bridgehead atoms. The highest BCUT2D eigenvalue weighted by Crippen LogP contribution is 2.19. The summed E-state index contributed by atoms with van der Waals surface area (Å²) in [6.07, 6.45) is 5.67. The molecule has 0 saturated carbocycles. The lowest BCUT2D eigenvalue weighted by atomic mass is 10.1. The number of carbonyl (C=O) groups excluding carboxylic acids is 1. The zero-order chi connectivity index (χ0) is 16.4. The van der Waals surface area contributed by atoms with Crippen molar-refractivity contribution in [1.29, 1.82) is 0 Å². The first-order chi connectivity index (χ1) is 11.8. The van der Waals surface area contributed by atoms with Crippen molar-refractivity contribution in [1.82, 2.24) is 24.6 Å². The first-order valence-corrected chi connectivity index (χ1v) is 9.31. The molecule has 4 rings (SSSR count). The van der Waals surface area contributed by atoms with E-state index in [-0.39, 0.29) is 11.8 Å². The van der Waals surface area contributed by atoms with Gasteiger partial charge in [-0.15, -0.1) is 10.2 Å². The van der Waals surface area contributed by atoms with Gasteiger partial charge in [0, 0.05) is 45.8 Å². The molecule has 2 fully saturated rings. The van der Waals surface area contributed by atoms with Gasteiger partial charge in [-0.25, -0.2) is 0 Å². The van der Waals surface area contributed by atoms with E-state index in [1.165, 1.54) is 19.3 Å². The quantitative estimate of drug-likeness (QED) is 0.814. The molecule has 1 atom stereocenters. The lowest BCUT2D eigenvalue weighted by molar-refractivity contribution is -0.137. The minimum Gasteiger partial charge on any atom is -0.381 e. The Hall–Kier alpha value is -1.47. The highest BCUT2D eigenvalue weighted by atomic mass is 16.5. The number of piperazine rings is 1. The highest BCUT2D eigenvalue weighted by Gasteiger charge is 2.30. The van der Waals surface area contributed by atoms with E-state index in [1.807, 2.05) is 4.90 Å². The van der Waals surface area contributed by atoms with Crippen molar-refractivity contribution in [2.24, 2.45) is 5.92 Å². The van der Waals surface area contributed by atoms with E-state index in [2.05, 4.69) is 19.7 Å². The molecule has 1 aromatic rings. The second-order valence-electron chi connectivity index (χ2n) is 7.16. The van der Waals surface area contributed by atoms with Crippen LogP contribution in [0.15, 0.2) is 0 Å². The number of ether oxygens (including phenoxy) is 1. The number of fused-ring (bicyclic) bond motifs is 1. The fourth-order valence-electron chi connectivity index (χ4n) is 3.98. The van der Waals surface area contributed by atoms with Crippen molar-refractivity contribution in [3.8, 4) is 0 Å². The summed E-state index contributed by atoms with van der Waals surface area (Å²) in [5.41, 5.74) is 0. The molecule has 0 radical (unpaired) electrons. The summed E-state index contributed by atoms with van der Waals surface area (Å²) in [4.78, 5) is 16.9. The molecule has 1 aromatic heterocycles. The van der Waals surface area contributed by atoms with E-state index >= 15 is 0 Å². The predicted octanol–water partition coefficient (Wildman–Crippen LogP) is 0.685. The molecule has 1 unspecified atom stereocenters. The molecule has 2 saturated heterocycles. The van der Waals surface area contributed by atoms with Gasteiger partial charge in [0.2, 0.25) is 5.91 Å². The molecule has 0 aliphatic carbocycles. The van der Waals surface area contributed by atoms with Crippen LogP contribution >= 0.6 is 0 Å². The fraction of sp³-hybridized carbons (Fsp3) is 0.824. The van der Waals surface area contributed by atoms with Crippen LogP contribution in [0.1, 0.15) is 37.3 Å². The molecular formula is C17H27N5O2. The molecule has 0 N–H and O–H groups in total. The van der Waals surface area contributed by atoms with E-state index in [4.69, 9.17) is 4.74 Å². The standard InChI is InChI=1S/C17H27N5O2/c23-17(14-5-11-24-13-14)21-9-7-20(8-10-21)12-16-19-18-15-4-2-1-3-6-22(15)16/h14H,1-13H2. The number of carbonyl (C=O) groups is 1. The molecule has 7 heteroatoms. The normalized spacial score (nSPS) is 25.5. The van der Waals surface area contributed by atoms with Gasteiger partial charge in [0.1, 0.15) is 11.6 Å². The molecular weight excluding hydrogens is 306 g/mol. The van der Waals surface area contributed by atoms with Crippen LogP contribution in [0.2, 0.25) is 0 Å². The van der Waals surface area contributed by atoms with Gasteiger partial charge in [-0.3, -0.25) is 9.69 Å². The minimum absolute atomic E-state index is 0.0869. The maximum absolute atomic E-state index is 12.5. The lowest BCUT2D eigenvalue weighted by Gasteiger charge is -2.35. The number of amides is 1. The smallest absolute Gasteiger partial charge is 0.228 e. The zero-order valence-electron chi connectivity index (χ0n) is 14.3. The number of aromatic nitrogens is 3. The lowest BCUT2D eigenvalue weighted by Crippen LogP contribution is -2.50. The van der Waals surface area contributed by atoms with Crippen LogP contribution in [0.3, 0.4) is 0 Å². The summed E-state index contributed by atoms with van der Waals surface area (Å²) in [5, 5.41) is 8.81. The second kappa shape index (κ2) is 7.19. The summed E-state index contributed by atoms with van der Waals surface area (Å²) in [6.45, 7) is 6.70. The molecule has 3 aliphatic rings. The van der Waals surface area contributed by atoms with E-state index in [1.54, 1.807) is 0 Å². The Bertz CT molecular complexity index is 574. The molecule has 3 aliphatic heterocycles. The Kier molecular flexibility index (Phi) is 4.80. The first kappa shape index (κ1) is 16.0. The Balaban J connectivity index is 1.32. The van der Waals surface area contributed by atoms with Crippen molar-refractivity contribution in [2.45, 2.75) is 45.2 Å². The van der Waals surface area contributed by atoms with Crippen molar-refractivity contribution in [3.63, 3.8) is 0 Å². The maximum Gasteiger partial charge on any atom is 0.228 e. The molecule has 4 heterocycles. The summed E-state index contributed by atoms with van der Waals surface area (Å²) in [6, 6.07) is 0. The van der Waals surface area contributed by atoms with Crippen LogP contribution in [0.5, 0.6) is 0 Å². The Morgan fingerprint density at radius 1 is 1.08 bits per heavy atom. The first-order valence-electron chi connectivity index (χ1n) is 9.31. The van der Waals surface area contributed by atoms with Crippen LogP contribution in [-0.2, 0) is 29.0 Å². The predicted molar refractivity (Wildman–Crippen MR) is 88.4 cm³/mol. The van der Waals surface area contributed by atoms with Gasteiger partial charge in [-0.2, -0.15) is 0 Å². The van der Waals surface area contributed by atoms with Gasteiger partial charge in [-0.1, -0.05) is 6.42 Å².